The van der Waals surface area contributed by atoms with Crippen molar-refractivity contribution in [1.82, 2.24) is 0 Å². The van der Waals surface area contributed by atoms with Crippen LogP contribution in [0, 0.1) is 12.8 Å². The molecule has 2 nitrogen and oxygen atoms in total. The minimum absolute atomic E-state index is 0.242. The predicted molar refractivity (Wildman–Crippen MR) is 189 cm³/mol. The van der Waals surface area contributed by atoms with Crippen LogP contribution in [-0.2, 0) is 0 Å². The zero-order valence-electron chi connectivity index (χ0n) is 26.7. The number of aryl methyl sites for hydroxylation is 1. The van der Waals surface area contributed by atoms with E-state index in [0.717, 1.165) is 17.2 Å². The topological polar surface area (TPSA) is 12.5 Å². The Balaban J connectivity index is 1.29. The molecule has 5 aromatic carbocycles. The highest BCUT2D eigenvalue weighted by Gasteiger charge is 2.39. The zero-order valence-corrected chi connectivity index (χ0v) is 26.7. The minimum Gasteiger partial charge on any atom is -0.461 e. The molecule has 0 spiro atoms. The first kappa shape index (κ1) is 28.7. The highest BCUT2D eigenvalue weighted by Crippen LogP contribution is 2.51. The molecule has 222 valence electrons. The first-order chi connectivity index (χ1) is 21.9. The number of benzene rings is 5. The van der Waals surface area contributed by atoms with Crippen LogP contribution in [0.3, 0.4) is 0 Å². The molecular formula is C43H39NO. The van der Waals surface area contributed by atoms with Crippen molar-refractivity contribution in [2.24, 2.45) is 5.92 Å². The Hall–Kier alpha value is -5.08. The Labute approximate surface area is 267 Å². The molecule has 7 rings (SSSR count). The molecule has 0 aromatic heterocycles. The molecule has 0 saturated carbocycles. The molecule has 0 bridgehead atoms. The highest BCUT2D eigenvalue weighted by molar-refractivity contribution is 5.77. The van der Waals surface area contributed by atoms with Crippen LogP contribution in [0.1, 0.15) is 50.3 Å². The molecule has 1 heterocycles. The van der Waals surface area contributed by atoms with Gasteiger partial charge in [-0.15, -0.1) is 0 Å². The molecule has 0 amide bonds. The zero-order chi connectivity index (χ0) is 31.1. The van der Waals surface area contributed by atoms with Gasteiger partial charge in [-0.1, -0.05) is 122 Å². The quantitative estimate of drug-likeness (QED) is 0.196. The first-order valence-corrected chi connectivity index (χ1v) is 15.9. The summed E-state index contributed by atoms with van der Waals surface area (Å²) in [5, 5.41) is 0. The number of hydrogen-bond acceptors (Lipinski definition) is 2. The molecule has 0 fully saturated rings. The number of ether oxygens (including phenoxy) is 1. The van der Waals surface area contributed by atoms with Crippen molar-refractivity contribution < 1.29 is 4.74 Å². The largest absolute Gasteiger partial charge is 0.461 e. The van der Waals surface area contributed by atoms with Gasteiger partial charge in [0.2, 0.25) is 0 Å². The molecule has 0 saturated heterocycles. The van der Waals surface area contributed by atoms with Crippen LogP contribution < -0.4 is 9.64 Å². The van der Waals surface area contributed by atoms with Crippen molar-refractivity contribution in [1.29, 1.82) is 0 Å². The normalized spacial score (nSPS) is 17.6. The van der Waals surface area contributed by atoms with Gasteiger partial charge < -0.3 is 9.64 Å². The van der Waals surface area contributed by atoms with E-state index in [0.29, 0.717) is 5.92 Å². The van der Waals surface area contributed by atoms with E-state index in [4.69, 9.17) is 4.74 Å². The predicted octanol–water partition coefficient (Wildman–Crippen LogP) is 11.6. The van der Waals surface area contributed by atoms with Gasteiger partial charge in [-0.05, 0) is 90.8 Å². The number of rotatable bonds is 6. The second kappa shape index (κ2) is 11.8. The number of anilines is 1. The summed E-state index contributed by atoms with van der Waals surface area (Å²) in [6.45, 7) is 11.3. The Kier molecular flexibility index (Phi) is 7.51. The Bertz CT molecular complexity index is 1950. The maximum absolute atomic E-state index is 6.53. The lowest BCUT2D eigenvalue weighted by Gasteiger charge is -2.35. The molecule has 2 heteroatoms. The average molecular weight is 586 g/mol. The van der Waals surface area contributed by atoms with Gasteiger partial charge in [-0.2, -0.15) is 0 Å². The molecule has 1 aliphatic heterocycles. The van der Waals surface area contributed by atoms with Crippen molar-refractivity contribution in [2.45, 2.75) is 40.5 Å². The molecule has 0 radical (unpaired) electrons. The van der Waals surface area contributed by atoms with E-state index < -0.39 is 0 Å². The average Bonchev–Trinajstić information content (AvgIpc) is 3.45. The molecule has 0 N–H and O–H groups in total. The molecular weight excluding hydrogens is 546 g/mol. The van der Waals surface area contributed by atoms with E-state index in [2.05, 4.69) is 173 Å². The van der Waals surface area contributed by atoms with E-state index in [9.17, 15) is 0 Å². The smallest absolute Gasteiger partial charge is 0.130 e. The maximum Gasteiger partial charge on any atom is 0.130 e. The van der Waals surface area contributed by atoms with Crippen molar-refractivity contribution in [3.63, 3.8) is 0 Å². The molecule has 2 aliphatic rings. The van der Waals surface area contributed by atoms with Crippen molar-refractivity contribution in [3.05, 3.63) is 173 Å². The van der Waals surface area contributed by atoms with Gasteiger partial charge in [0.25, 0.3) is 0 Å². The summed E-state index contributed by atoms with van der Waals surface area (Å²) in [6.07, 6.45) is 2.29. The van der Waals surface area contributed by atoms with Gasteiger partial charge >= 0.3 is 0 Å². The van der Waals surface area contributed by atoms with Crippen LogP contribution >= 0.6 is 0 Å². The monoisotopic (exact) mass is 585 g/mol. The van der Waals surface area contributed by atoms with Gasteiger partial charge in [-0.3, -0.25) is 0 Å². The van der Waals surface area contributed by atoms with Crippen molar-refractivity contribution in [2.75, 3.05) is 4.90 Å². The van der Waals surface area contributed by atoms with Crippen LogP contribution in [0.15, 0.2) is 156 Å². The van der Waals surface area contributed by atoms with Crippen LogP contribution in [0.4, 0.5) is 5.69 Å². The standard InChI is InChI=1S/C43H39NO/c1-28-16-25-41-39(26-28)43-30(3)29(2)40(27-42(43)45-41)44(32(5)31(4)33-12-8-6-9-13-33)38-23-21-37(22-24-38)36-19-17-35(18-20-36)34-14-10-7-11-15-34/h6-27,30,43H,1-5H3/b32-31-. The fourth-order valence-electron chi connectivity index (χ4n) is 6.82. The molecule has 2 atom stereocenters. The van der Waals surface area contributed by atoms with E-state index >= 15 is 0 Å². The lowest BCUT2D eigenvalue weighted by atomic mass is 9.78. The van der Waals surface area contributed by atoms with Crippen molar-refractivity contribution >= 4 is 11.3 Å². The summed E-state index contributed by atoms with van der Waals surface area (Å²) in [4.78, 5) is 2.43. The third-order valence-electron chi connectivity index (χ3n) is 9.68. The lowest BCUT2D eigenvalue weighted by molar-refractivity contribution is 0.395. The number of hydrogen-bond donors (Lipinski definition) is 0. The number of allylic oxidation sites excluding steroid dienone is 5. The van der Waals surface area contributed by atoms with Gasteiger partial charge in [0.15, 0.2) is 0 Å². The van der Waals surface area contributed by atoms with Crippen LogP contribution in [0.2, 0.25) is 0 Å². The molecule has 5 aromatic rings. The van der Waals surface area contributed by atoms with Crippen LogP contribution in [0.25, 0.3) is 27.8 Å². The number of nitrogens with zero attached hydrogens (tertiary/aromatic N) is 1. The first-order valence-electron chi connectivity index (χ1n) is 15.9. The Morgan fingerprint density at radius 2 is 1.20 bits per heavy atom. The summed E-state index contributed by atoms with van der Waals surface area (Å²) in [5.74, 6) is 2.57. The summed E-state index contributed by atoms with van der Waals surface area (Å²) in [6, 6.07) is 45.6. The van der Waals surface area contributed by atoms with Gasteiger partial charge in [0, 0.05) is 28.7 Å². The molecule has 2 unspecified atom stereocenters. The second-order valence-electron chi connectivity index (χ2n) is 12.4. The van der Waals surface area contributed by atoms with E-state index in [1.165, 1.54) is 61.5 Å². The van der Waals surface area contributed by atoms with Crippen molar-refractivity contribution in [3.8, 4) is 28.0 Å². The summed E-state index contributed by atoms with van der Waals surface area (Å²) in [7, 11) is 0. The SMILES string of the molecule is CC1=C(N(/C(C)=C(/C)c2ccccc2)c2ccc(-c3ccc(-c4ccccc4)cc3)cc2)C=C2Oc3ccc(C)cc3C2C1C. The summed E-state index contributed by atoms with van der Waals surface area (Å²) < 4.78 is 6.53. The van der Waals surface area contributed by atoms with E-state index in [1.54, 1.807) is 0 Å². The minimum atomic E-state index is 0.242. The number of fused-ring (bicyclic) bond motifs is 3. The highest BCUT2D eigenvalue weighted by atomic mass is 16.5. The summed E-state index contributed by atoms with van der Waals surface area (Å²) in [5.41, 5.74) is 14.8. The fraction of sp³-hybridized carbons (Fsp3) is 0.163. The maximum atomic E-state index is 6.53. The van der Waals surface area contributed by atoms with Gasteiger partial charge in [-0.25, -0.2) is 0 Å². The molecule has 1 aliphatic carbocycles. The molecule has 45 heavy (non-hydrogen) atoms. The van der Waals surface area contributed by atoms with Gasteiger partial charge in [0.1, 0.15) is 11.5 Å². The lowest BCUT2D eigenvalue weighted by Crippen LogP contribution is -2.27. The van der Waals surface area contributed by atoms with E-state index in [-0.39, 0.29) is 5.92 Å². The Morgan fingerprint density at radius 1 is 0.644 bits per heavy atom. The van der Waals surface area contributed by atoms with E-state index in [1.807, 2.05) is 0 Å². The van der Waals surface area contributed by atoms with Gasteiger partial charge in [0.05, 0.1) is 5.92 Å². The fourth-order valence-corrected chi connectivity index (χ4v) is 6.82. The second-order valence-corrected chi connectivity index (χ2v) is 12.4. The third-order valence-corrected chi connectivity index (χ3v) is 9.68. The Morgan fingerprint density at radius 3 is 1.82 bits per heavy atom. The third kappa shape index (κ3) is 5.31. The van der Waals surface area contributed by atoms with Crippen LogP contribution in [0.5, 0.6) is 5.75 Å². The van der Waals surface area contributed by atoms with Crippen LogP contribution in [-0.4, -0.2) is 0 Å². The summed E-state index contributed by atoms with van der Waals surface area (Å²) >= 11 is 0.